The van der Waals surface area contributed by atoms with Crippen LogP contribution in [0.3, 0.4) is 0 Å². The van der Waals surface area contributed by atoms with Crippen molar-refractivity contribution < 1.29 is 19.4 Å². The van der Waals surface area contributed by atoms with E-state index in [-0.39, 0.29) is 11.6 Å². The molecule has 1 N–H and O–H groups in total. The molecular formula is C14H20N2O4. The van der Waals surface area contributed by atoms with Gasteiger partial charge in [0.1, 0.15) is 17.5 Å². The molecule has 0 aliphatic rings. The first-order chi connectivity index (χ1) is 9.36. The monoisotopic (exact) mass is 280 g/mol. The maximum absolute atomic E-state index is 12.3. The molecule has 20 heavy (non-hydrogen) atoms. The molecule has 6 nitrogen and oxygen atoms in total. The summed E-state index contributed by atoms with van der Waals surface area (Å²) in [6, 6.07) is 2.25. The fourth-order valence-corrected chi connectivity index (χ4v) is 1.85. The average Bonchev–Trinajstić information content (AvgIpc) is 2.42. The van der Waals surface area contributed by atoms with Crippen LogP contribution in [-0.2, 0) is 4.79 Å². The summed E-state index contributed by atoms with van der Waals surface area (Å²) in [7, 11) is 2.97. The van der Waals surface area contributed by atoms with Gasteiger partial charge < -0.3 is 14.7 Å². The molecule has 0 bridgehead atoms. The molecule has 110 valence electrons. The van der Waals surface area contributed by atoms with E-state index < -0.39 is 17.9 Å². The highest BCUT2D eigenvalue weighted by Gasteiger charge is 2.28. The van der Waals surface area contributed by atoms with E-state index in [1.165, 1.54) is 31.3 Å². The highest BCUT2D eigenvalue weighted by molar-refractivity contribution is 5.95. The third kappa shape index (κ3) is 3.94. The number of carboxylic acid groups (broad SMARTS) is 1. The Labute approximate surface area is 118 Å². The van der Waals surface area contributed by atoms with Gasteiger partial charge in [0.05, 0.1) is 7.11 Å². The lowest BCUT2D eigenvalue weighted by molar-refractivity contribution is -0.142. The molecule has 0 unspecified atom stereocenters. The number of amides is 1. The highest BCUT2D eigenvalue weighted by Crippen LogP contribution is 2.16. The summed E-state index contributed by atoms with van der Waals surface area (Å²) in [6.45, 7) is 3.83. The van der Waals surface area contributed by atoms with Gasteiger partial charge in [-0.2, -0.15) is 0 Å². The number of ether oxygens (including phenoxy) is 1. The van der Waals surface area contributed by atoms with Crippen LogP contribution in [0, 0.1) is 5.92 Å². The first kappa shape index (κ1) is 15.9. The topological polar surface area (TPSA) is 79.7 Å². The first-order valence-corrected chi connectivity index (χ1v) is 6.36. The second-order valence-corrected chi connectivity index (χ2v) is 4.98. The number of hydrogen-bond donors (Lipinski definition) is 1. The van der Waals surface area contributed by atoms with Crippen LogP contribution in [0.25, 0.3) is 0 Å². The number of methoxy groups -OCH3 is 1. The zero-order valence-corrected chi connectivity index (χ0v) is 12.2. The van der Waals surface area contributed by atoms with Crippen LogP contribution in [-0.4, -0.2) is 47.1 Å². The predicted octanol–water partition coefficient (Wildman–Crippen LogP) is 1.66. The van der Waals surface area contributed by atoms with Gasteiger partial charge in [-0.25, -0.2) is 4.79 Å². The molecule has 6 heteroatoms. The smallest absolute Gasteiger partial charge is 0.326 e. The maximum atomic E-state index is 12.3. The van der Waals surface area contributed by atoms with Gasteiger partial charge in [0.25, 0.3) is 5.91 Å². The number of likely N-dealkylation sites (N-methyl/N-ethyl adjacent to an activating group) is 1. The van der Waals surface area contributed by atoms with Gasteiger partial charge in [-0.3, -0.25) is 9.78 Å². The second kappa shape index (κ2) is 6.88. The fourth-order valence-electron chi connectivity index (χ4n) is 1.85. The Bertz CT molecular complexity index is 488. The molecule has 0 aliphatic carbocycles. The van der Waals surface area contributed by atoms with Crippen molar-refractivity contribution in [3.05, 3.63) is 24.0 Å². The molecule has 0 radical (unpaired) electrons. The van der Waals surface area contributed by atoms with Crippen molar-refractivity contribution in [3.63, 3.8) is 0 Å². The van der Waals surface area contributed by atoms with Crippen LogP contribution < -0.4 is 4.74 Å². The van der Waals surface area contributed by atoms with Gasteiger partial charge in [0, 0.05) is 19.3 Å². The van der Waals surface area contributed by atoms with Crippen molar-refractivity contribution >= 4 is 11.9 Å². The van der Waals surface area contributed by atoms with Crippen molar-refractivity contribution in [2.75, 3.05) is 14.2 Å². The molecule has 1 amide bonds. The number of carboxylic acids is 1. The van der Waals surface area contributed by atoms with E-state index in [4.69, 9.17) is 4.74 Å². The lowest BCUT2D eigenvalue weighted by atomic mass is 10.0. The van der Waals surface area contributed by atoms with Crippen LogP contribution in [0.4, 0.5) is 0 Å². The lowest BCUT2D eigenvalue weighted by Gasteiger charge is -2.25. The van der Waals surface area contributed by atoms with E-state index in [1.807, 2.05) is 13.8 Å². The van der Waals surface area contributed by atoms with Gasteiger partial charge in [0.2, 0.25) is 0 Å². The van der Waals surface area contributed by atoms with Crippen LogP contribution >= 0.6 is 0 Å². The van der Waals surface area contributed by atoms with Gasteiger partial charge in [-0.15, -0.1) is 0 Å². The first-order valence-electron chi connectivity index (χ1n) is 6.36. The van der Waals surface area contributed by atoms with Gasteiger partial charge in [-0.05, 0) is 18.4 Å². The Hall–Kier alpha value is -2.11. The summed E-state index contributed by atoms with van der Waals surface area (Å²) in [6.07, 6.45) is 1.85. The van der Waals surface area contributed by atoms with E-state index in [0.717, 1.165) is 0 Å². The molecule has 1 heterocycles. The van der Waals surface area contributed by atoms with Crippen molar-refractivity contribution in [1.29, 1.82) is 0 Å². The molecule has 0 aromatic carbocycles. The maximum Gasteiger partial charge on any atom is 0.326 e. The third-order valence-electron chi connectivity index (χ3n) is 2.95. The predicted molar refractivity (Wildman–Crippen MR) is 73.8 cm³/mol. The van der Waals surface area contributed by atoms with Gasteiger partial charge in [-0.1, -0.05) is 13.8 Å². The average molecular weight is 280 g/mol. The van der Waals surface area contributed by atoms with E-state index >= 15 is 0 Å². The molecule has 1 atom stereocenters. The Morgan fingerprint density at radius 1 is 1.45 bits per heavy atom. The number of carbonyl (C=O) groups excluding carboxylic acids is 1. The number of rotatable bonds is 6. The minimum absolute atomic E-state index is 0.168. The summed E-state index contributed by atoms with van der Waals surface area (Å²) >= 11 is 0. The molecule has 1 rings (SSSR count). The molecule has 1 aromatic rings. The number of aliphatic carboxylic acids is 1. The molecule has 0 saturated carbocycles. The van der Waals surface area contributed by atoms with Crippen LogP contribution in [0.5, 0.6) is 5.75 Å². The lowest BCUT2D eigenvalue weighted by Crippen LogP contribution is -2.43. The third-order valence-corrected chi connectivity index (χ3v) is 2.95. The van der Waals surface area contributed by atoms with Crippen LogP contribution in [0.15, 0.2) is 18.3 Å². The molecule has 1 aromatic heterocycles. The highest BCUT2D eigenvalue weighted by atomic mass is 16.5. The van der Waals surface area contributed by atoms with Gasteiger partial charge >= 0.3 is 5.97 Å². The normalized spacial score (nSPS) is 12.1. The number of hydrogen-bond acceptors (Lipinski definition) is 4. The minimum Gasteiger partial charge on any atom is -0.497 e. The second-order valence-electron chi connectivity index (χ2n) is 4.98. The minimum atomic E-state index is -1.02. The zero-order valence-electron chi connectivity index (χ0n) is 12.2. The number of carbonyl (C=O) groups is 2. The van der Waals surface area contributed by atoms with E-state index in [1.54, 1.807) is 6.07 Å². The molecular weight excluding hydrogens is 260 g/mol. The SMILES string of the molecule is COc1ccnc(C(=O)N(C)[C@@H](CC(C)C)C(=O)O)c1. The van der Waals surface area contributed by atoms with E-state index in [0.29, 0.717) is 12.2 Å². The summed E-state index contributed by atoms with van der Waals surface area (Å²) in [4.78, 5) is 28.8. The Kier molecular flexibility index (Phi) is 5.49. The molecule has 0 fully saturated rings. The largest absolute Gasteiger partial charge is 0.497 e. The summed E-state index contributed by atoms with van der Waals surface area (Å²) in [5.41, 5.74) is 0.168. The zero-order chi connectivity index (χ0) is 15.3. The van der Waals surface area contributed by atoms with E-state index in [9.17, 15) is 14.7 Å². The molecule has 0 spiro atoms. The standard InChI is InChI=1S/C14H20N2O4/c1-9(2)7-12(14(18)19)16(3)13(17)11-8-10(20-4)5-6-15-11/h5-6,8-9,12H,7H2,1-4H3,(H,18,19)/t12-/m0/s1. The molecule has 0 saturated heterocycles. The Morgan fingerprint density at radius 3 is 2.60 bits per heavy atom. The number of nitrogens with zero attached hydrogens (tertiary/aromatic N) is 2. The van der Waals surface area contributed by atoms with E-state index in [2.05, 4.69) is 4.98 Å². The summed E-state index contributed by atoms with van der Waals surface area (Å²) in [5.74, 6) is -0.772. The van der Waals surface area contributed by atoms with Crippen LogP contribution in [0.1, 0.15) is 30.8 Å². The van der Waals surface area contributed by atoms with Crippen molar-refractivity contribution in [2.24, 2.45) is 5.92 Å². The summed E-state index contributed by atoms with van der Waals surface area (Å²) < 4.78 is 5.03. The number of aromatic nitrogens is 1. The Balaban J connectivity index is 2.95. The van der Waals surface area contributed by atoms with Crippen molar-refractivity contribution in [3.8, 4) is 5.75 Å². The van der Waals surface area contributed by atoms with Crippen LogP contribution in [0.2, 0.25) is 0 Å². The number of pyridine rings is 1. The quantitative estimate of drug-likeness (QED) is 0.857. The summed E-state index contributed by atoms with van der Waals surface area (Å²) in [5, 5.41) is 9.25. The molecule has 0 aliphatic heterocycles. The van der Waals surface area contributed by atoms with Crippen molar-refractivity contribution in [2.45, 2.75) is 26.3 Å². The fraction of sp³-hybridized carbons (Fsp3) is 0.500. The Morgan fingerprint density at radius 2 is 2.10 bits per heavy atom. The van der Waals surface area contributed by atoms with Crippen molar-refractivity contribution in [1.82, 2.24) is 9.88 Å². The van der Waals surface area contributed by atoms with Gasteiger partial charge in [0.15, 0.2) is 0 Å².